The molecule has 0 saturated carbocycles. The van der Waals surface area contributed by atoms with Crippen molar-refractivity contribution in [2.75, 3.05) is 5.75 Å². The number of hydrogen-bond donors (Lipinski definition) is 0. The van der Waals surface area contributed by atoms with Gasteiger partial charge in [0, 0.05) is 19.1 Å². The number of carbonyl (C=O) groups excluding carboxylic acids is 1. The Labute approximate surface area is 92.6 Å². The maximum absolute atomic E-state index is 12.7. The molecule has 0 heterocycles. The molecule has 1 nitrogen and oxygen atoms in total. The molecule has 0 radical (unpaired) electrons. The van der Waals surface area contributed by atoms with Crippen LogP contribution in [-0.2, 0) is 4.79 Å². The van der Waals surface area contributed by atoms with Crippen molar-refractivity contribution < 1.29 is 31.1 Å². The van der Waals surface area contributed by atoms with Crippen molar-refractivity contribution in [2.24, 2.45) is 0 Å². The second kappa shape index (κ2) is 5.79. The van der Waals surface area contributed by atoms with Gasteiger partial charge in [0.2, 0.25) is 0 Å². The summed E-state index contributed by atoms with van der Waals surface area (Å²) in [6, 6.07) is 0. The lowest BCUT2D eigenvalue weighted by Crippen LogP contribution is -2.46. The van der Waals surface area contributed by atoms with Gasteiger partial charge in [-0.15, -0.1) is 0 Å². The average Bonchev–Trinajstić information content (AvgIpc) is 2.11. The molecule has 0 rings (SSSR count). The zero-order chi connectivity index (χ0) is 13.0. The molecule has 0 aromatic rings. The van der Waals surface area contributed by atoms with Gasteiger partial charge in [0.25, 0.3) is 0 Å². The quantitative estimate of drug-likeness (QED) is 0.541. The highest BCUT2D eigenvalue weighted by Gasteiger charge is 2.61. The minimum absolute atomic E-state index is 0.0930. The van der Waals surface area contributed by atoms with Gasteiger partial charge in [-0.05, 0) is 6.42 Å². The molecule has 0 aliphatic rings. The van der Waals surface area contributed by atoms with Gasteiger partial charge in [0.15, 0.2) is 5.12 Å². The fourth-order valence-electron chi connectivity index (χ4n) is 0.836. The summed E-state index contributed by atoms with van der Waals surface area (Å²) < 4.78 is 73.3. The maximum Gasteiger partial charge on any atom is 0.369 e. The first-order chi connectivity index (χ1) is 7.11. The van der Waals surface area contributed by atoms with Crippen LogP contribution >= 0.6 is 11.8 Å². The molecule has 0 unspecified atom stereocenters. The van der Waals surface area contributed by atoms with E-state index < -0.39 is 31.1 Å². The normalized spacial score (nSPS) is 13.2. The van der Waals surface area contributed by atoms with Gasteiger partial charge in [-0.1, -0.05) is 11.8 Å². The van der Waals surface area contributed by atoms with Crippen LogP contribution in [0.4, 0.5) is 26.3 Å². The Morgan fingerprint density at radius 1 is 1.25 bits per heavy atom. The van der Waals surface area contributed by atoms with Crippen LogP contribution in [0.3, 0.4) is 0 Å². The van der Waals surface area contributed by atoms with Crippen molar-refractivity contribution in [3.8, 4) is 0 Å². The number of hydrogen-bond acceptors (Lipinski definition) is 2. The van der Waals surface area contributed by atoms with Crippen LogP contribution in [0.25, 0.3) is 0 Å². The predicted octanol–water partition coefficient (Wildman–Crippen LogP) is 3.58. The zero-order valence-electron chi connectivity index (χ0n) is 8.28. The Balaban J connectivity index is 4.19. The number of carbonyl (C=O) groups is 1. The first-order valence-corrected chi connectivity index (χ1v) is 5.27. The Morgan fingerprint density at radius 3 is 2.12 bits per heavy atom. The summed E-state index contributed by atoms with van der Waals surface area (Å²) in [6.07, 6.45) is -6.20. The molecular weight excluding hydrogens is 258 g/mol. The molecule has 0 atom stereocenters. The predicted molar refractivity (Wildman–Crippen MR) is 48.3 cm³/mol. The van der Waals surface area contributed by atoms with Gasteiger partial charge < -0.3 is 0 Å². The van der Waals surface area contributed by atoms with Crippen molar-refractivity contribution in [3.05, 3.63) is 0 Å². The standard InChI is InChI=1S/C8H10F6OS/c1-5(15)16-4-2-3-7(11,12)8(13,14)6(9)10/h6H,2-4H2,1H3. The van der Waals surface area contributed by atoms with Crippen molar-refractivity contribution in [2.45, 2.75) is 38.0 Å². The summed E-state index contributed by atoms with van der Waals surface area (Å²) >= 11 is 0.686. The summed E-state index contributed by atoms with van der Waals surface area (Å²) in [5, 5.41) is -0.344. The summed E-state index contributed by atoms with van der Waals surface area (Å²) in [5.41, 5.74) is 0. The molecular formula is C8H10F6OS. The van der Waals surface area contributed by atoms with E-state index in [1.165, 1.54) is 6.92 Å². The van der Waals surface area contributed by atoms with E-state index in [0.717, 1.165) is 0 Å². The maximum atomic E-state index is 12.7. The summed E-state index contributed by atoms with van der Waals surface area (Å²) in [5.74, 6) is -10.2. The molecule has 8 heteroatoms. The molecule has 0 amide bonds. The van der Waals surface area contributed by atoms with Gasteiger partial charge >= 0.3 is 18.3 Å². The number of rotatable bonds is 6. The number of halogens is 6. The Bertz CT molecular complexity index is 243. The van der Waals surface area contributed by atoms with E-state index >= 15 is 0 Å². The molecule has 0 aromatic heterocycles. The minimum Gasteiger partial charge on any atom is -0.288 e. The van der Waals surface area contributed by atoms with Crippen LogP contribution in [0.5, 0.6) is 0 Å². The van der Waals surface area contributed by atoms with Gasteiger partial charge in [-0.3, -0.25) is 4.79 Å². The SMILES string of the molecule is CC(=O)SCCCC(F)(F)C(F)(F)C(F)F. The third kappa shape index (κ3) is 4.23. The van der Waals surface area contributed by atoms with Gasteiger partial charge in [-0.2, -0.15) is 17.6 Å². The summed E-state index contributed by atoms with van der Waals surface area (Å²) in [6.45, 7) is 1.19. The molecule has 0 N–H and O–H groups in total. The van der Waals surface area contributed by atoms with Crippen LogP contribution in [0.1, 0.15) is 19.8 Å². The summed E-state index contributed by atoms with van der Waals surface area (Å²) in [4.78, 5) is 10.4. The van der Waals surface area contributed by atoms with E-state index in [0.29, 0.717) is 11.8 Å². The van der Waals surface area contributed by atoms with Gasteiger partial charge in [-0.25, -0.2) is 8.78 Å². The van der Waals surface area contributed by atoms with Crippen molar-refractivity contribution >= 4 is 16.9 Å². The Hall–Kier alpha value is -0.400. The average molecular weight is 268 g/mol. The van der Waals surface area contributed by atoms with Crippen LogP contribution in [0, 0.1) is 0 Å². The highest BCUT2D eigenvalue weighted by Crippen LogP contribution is 2.42. The lowest BCUT2D eigenvalue weighted by atomic mass is 10.1. The van der Waals surface area contributed by atoms with E-state index in [9.17, 15) is 31.1 Å². The summed E-state index contributed by atoms with van der Waals surface area (Å²) in [7, 11) is 0. The number of thioether (sulfide) groups is 1. The topological polar surface area (TPSA) is 17.1 Å². The first kappa shape index (κ1) is 15.6. The van der Waals surface area contributed by atoms with Crippen LogP contribution in [0.15, 0.2) is 0 Å². The van der Waals surface area contributed by atoms with E-state index in [-0.39, 0.29) is 10.9 Å². The third-order valence-corrected chi connectivity index (χ3v) is 2.60. The van der Waals surface area contributed by atoms with E-state index in [1.807, 2.05) is 0 Å². The van der Waals surface area contributed by atoms with E-state index in [1.54, 1.807) is 0 Å². The second-order valence-electron chi connectivity index (χ2n) is 3.07. The molecule has 0 saturated heterocycles. The lowest BCUT2D eigenvalue weighted by molar-refractivity contribution is -0.265. The fraction of sp³-hybridized carbons (Fsp3) is 0.875. The van der Waals surface area contributed by atoms with Crippen LogP contribution in [-0.4, -0.2) is 29.1 Å². The van der Waals surface area contributed by atoms with E-state index in [4.69, 9.17) is 0 Å². The van der Waals surface area contributed by atoms with Crippen LogP contribution in [0.2, 0.25) is 0 Å². The molecule has 96 valence electrons. The molecule has 0 fully saturated rings. The second-order valence-corrected chi connectivity index (χ2v) is 4.34. The molecule has 0 bridgehead atoms. The fourth-order valence-corrected chi connectivity index (χ4v) is 1.41. The molecule has 0 spiro atoms. The molecule has 16 heavy (non-hydrogen) atoms. The van der Waals surface area contributed by atoms with Gasteiger partial charge in [0.1, 0.15) is 0 Å². The number of alkyl halides is 6. The highest BCUT2D eigenvalue weighted by atomic mass is 32.2. The Kier molecular flexibility index (Phi) is 5.64. The third-order valence-electron chi connectivity index (χ3n) is 1.70. The molecule has 0 aliphatic heterocycles. The smallest absolute Gasteiger partial charge is 0.288 e. The van der Waals surface area contributed by atoms with E-state index in [2.05, 4.69) is 0 Å². The lowest BCUT2D eigenvalue weighted by Gasteiger charge is -2.25. The minimum atomic E-state index is -5.33. The van der Waals surface area contributed by atoms with Crippen molar-refractivity contribution in [1.82, 2.24) is 0 Å². The monoisotopic (exact) mass is 268 g/mol. The molecule has 0 aromatic carbocycles. The molecule has 0 aliphatic carbocycles. The van der Waals surface area contributed by atoms with Crippen molar-refractivity contribution in [3.63, 3.8) is 0 Å². The largest absolute Gasteiger partial charge is 0.369 e. The first-order valence-electron chi connectivity index (χ1n) is 4.28. The van der Waals surface area contributed by atoms with Crippen LogP contribution < -0.4 is 0 Å². The Morgan fingerprint density at radius 2 is 1.75 bits per heavy atom. The highest BCUT2D eigenvalue weighted by molar-refractivity contribution is 8.13. The zero-order valence-corrected chi connectivity index (χ0v) is 9.10. The van der Waals surface area contributed by atoms with Gasteiger partial charge in [0.05, 0.1) is 0 Å². The van der Waals surface area contributed by atoms with Crippen molar-refractivity contribution in [1.29, 1.82) is 0 Å².